The van der Waals surface area contributed by atoms with Crippen LogP contribution >= 0.6 is 31.9 Å². The summed E-state index contributed by atoms with van der Waals surface area (Å²) >= 11 is 6.84. The molecule has 0 saturated carbocycles. The zero-order chi connectivity index (χ0) is 13.4. The van der Waals surface area contributed by atoms with Crippen LogP contribution in [0.4, 0.5) is 5.69 Å². The highest BCUT2D eigenvalue weighted by atomic mass is 79.9. The maximum atomic E-state index is 12.0. The number of hydrogen-bond donors (Lipinski definition) is 1. The predicted molar refractivity (Wildman–Crippen MR) is 74.7 cm³/mol. The van der Waals surface area contributed by atoms with Gasteiger partial charge in [0.2, 0.25) is 5.91 Å². The Morgan fingerprint density at radius 2 is 1.94 bits per heavy atom. The number of halogens is 2. The molecule has 0 bridgehead atoms. The lowest BCUT2D eigenvalue weighted by Crippen LogP contribution is -2.30. The van der Waals surface area contributed by atoms with Crippen LogP contribution in [-0.4, -0.2) is 23.5 Å². The van der Waals surface area contributed by atoms with E-state index in [-0.39, 0.29) is 5.91 Å². The molecule has 1 amide bonds. The fourth-order valence-electron chi connectivity index (χ4n) is 2.08. The summed E-state index contributed by atoms with van der Waals surface area (Å²) in [7, 11) is 0. The molecule has 1 saturated heterocycles. The van der Waals surface area contributed by atoms with E-state index in [1.165, 1.54) is 4.90 Å². The van der Waals surface area contributed by atoms with Gasteiger partial charge >= 0.3 is 5.97 Å². The number of carbonyl (C=O) groups is 2. The fraction of sp³-hybridized carbons (Fsp3) is 0.333. The zero-order valence-corrected chi connectivity index (χ0v) is 12.8. The Morgan fingerprint density at radius 1 is 1.39 bits per heavy atom. The van der Waals surface area contributed by atoms with Gasteiger partial charge in [0, 0.05) is 15.5 Å². The first-order valence-electron chi connectivity index (χ1n) is 5.41. The van der Waals surface area contributed by atoms with Crippen LogP contribution < -0.4 is 4.90 Å². The number of nitrogens with zero attached hydrogens (tertiary/aromatic N) is 1. The van der Waals surface area contributed by atoms with Gasteiger partial charge in [-0.15, -0.1) is 0 Å². The van der Waals surface area contributed by atoms with Gasteiger partial charge in [-0.3, -0.25) is 9.59 Å². The molecule has 0 radical (unpaired) electrons. The summed E-state index contributed by atoms with van der Waals surface area (Å²) in [5.74, 6) is -2.33. The zero-order valence-electron chi connectivity index (χ0n) is 9.61. The van der Waals surface area contributed by atoms with Gasteiger partial charge in [0.05, 0.1) is 5.69 Å². The number of carbonyl (C=O) groups excluding carboxylic acids is 1. The van der Waals surface area contributed by atoms with Crippen LogP contribution in [0.2, 0.25) is 0 Å². The Hall–Kier alpha value is -0.880. The van der Waals surface area contributed by atoms with E-state index in [1.54, 1.807) is 0 Å². The van der Waals surface area contributed by atoms with E-state index in [2.05, 4.69) is 31.9 Å². The van der Waals surface area contributed by atoms with Crippen LogP contribution in [0.3, 0.4) is 0 Å². The molecule has 0 spiro atoms. The normalized spacial score (nSPS) is 19.4. The van der Waals surface area contributed by atoms with Crippen LogP contribution in [0, 0.1) is 12.8 Å². The second-order valence-corrected chi connectivity index (χ2v) is 5.96. The molecule has 0 aliphatic carbocycles. The first-order chi connectivity index (χ1) is 8.41. The van der Waals surface area contributed by atoms with E-state index in [4.69, 9.17) is 5.11 Å². The molecule has 1 aliphatic heterocycles. The topological polar surface area (TPSA) is 57.6 Å². The third kappa shape index (κ3) is 2.31. The second kappa shape index (κ2) is 5.01. The molecule has 1 aliphatic rings. The van der Waals surface area contributed by atoms with E-state index >= 15 is 0 Å². The summed E-state index contributed by atoms with van der Waals surface area (Å²) in [5, 5.41) is 8.96. The minimum absolute atomic E-state index is 0.348. The van der Waals surface area contributed by atoms with Crippen LogP contribution in [0.15, 0.2) is 21.1 Å². The third-order valence-corrected chi connectivity index (χ3v) is 4.14. The minimum Gasteiger partial charge on any atom is -0.481 e. The molecule has 1 unspecified atom stereocenters. The van der Waals surface area contributed by atoms with Gasteiger partial charge in [-0.05, 0) is 62.9 Å². The molecule has 18 heavy (non-hydrogen) atoms. The van der Waals surface area contributed by atoms with Crippen LogP contribution in [0.5, 0.6) is 0 Å². The molecular weight excluding hydrogens is 366 g/mol. The van der Waals surface area contributed by atoms with Crippen molar-refractivity contribution in [2.75, 3.05) is 11.4 Å². The van der Waals surface area contributed by atoms with Gasteiger partial charge in [0.1, 0.15) is 5.92 Å². The van der Waals surface area contributed by atoms with Crippen LogP contribution in [-0.2, 0) is 9.59 Å². The highest BCUT2D eigenvalue weighted by Crippen LogP contribution is 2.38. The number of carboxylic acid groups (broad SMARTS) is 1. The van der Waals surface area contributed by atoms with Gasteiger partial charge in [-0.1, -0.05) is 0 Å². The summed E-state index contributed by atoms with van der Waals surface area (Å²) in [5.41, 5.74) is 1.76. The lowest BCUT2D eigenvalue weighted by atomic mass is 10.1. The van der Waals surface area contributed by atoms with Crippen molar-refractivity contribution in [2.24, 2.45) is 5.92 Å². The molecule has 6 heteroatoms. The Labute approximate surface area is 121 Å². The van der Waals surface area contributed by atoms with Crippen molar-refractivity contribution in [1.82, 2.24) is 0 Å². The summed E-state index contributed by atoms with van der Waals surface area (Å²) in [6, 6.07) is 3.81. The van der Waals surface area contributed by atoms with Crippen molar-refractivity contribution in [3.8, 4) is 0 Å². The van der Waals surface area contributed by atoms with Gasteiger partial charge < -0.3 is 10.0 Å². The van der Waals surface area contributed by atoms with Crippen molar-refractivity contribution in [1.29, 1.82) is 0 Å². The van der Waals surface area contributed by atoms with Crippen molar-refractivity contribution >= 4 is 49.4 Å². The molecule has 1 atom stereocenters. The second-order valence-electron chi connectivity index (χ2n) is 4.25. The largest absolute Gasteiger partial charge is 0.481 e. The Bertz CT molecular complexity index is 507. The van der Waals surface area contributed by atoms with E-state index in [9.17, 15) is 9.59 Å². The van der Waals surface area contributed by atoms with Crippen molar-refractivity contribution in [3.05, 3.63) is 26.6 Å². The highest BCUT2D eigenvalue weighted by Gasteiger charge is 2.38. The molecule has 1 aromatic carbocycles. The number of rotatable bonds is 2. The average Bonchev–Trinajstić information content (AvgIpc) is 2.59. The molecule has 2 rings (SSSR count). The molecular formula is C12H11Br2NO3. The highest BCUT2D eigenvalue weighted by molar-refractivity contribution is 9.11. The number of carboxylic acids is 1. The summed E-state index contributed by atoms with van der Waals surface area (Å²) in [6.45, 7) is 2.38. The van der Waals surface area contributed by atoms with Gasteiger partial charge in [-0.25, -0.2) is 0 Å². The summed E-state index contributed by atoms with van der Waals surface area (Å²) in [4.78, 5) is 24.5. The van der Waals surface area contributed by atoms with Gasteiger partial charge in [0.15, 0.2) is 0 Å². The molecule has 96 valence electrons. The van der Waals surface area contributed by atoms with Crippen molar-refractivity contribution in [3.63, 3.8) is 0 Å². The number of aryl methyl sites for hydroxylation is 1. The minimum atomic E-state index is -1.05. The average molecular weight is 377 g/mol. The molecule has 1 N–H and O–H groups in total. The number of anilines is 1. The van der Waals surface area contributed by atoms with E-state index in [1.807, 2.05) is 19.1 Å². The molecule has 4 nitrogen and oxygen atoms in total. The predicted octanol–water partition coefficient (Wildman–Crippen LogP) is 2.96. The van der Waals surface area contributed by atoms with Crippen molar-refractivity contribution < 1.29 is 14.7 Å². The maximum Gasteiger partial charge on any atom is 0.316 e. The van der Waals surface area contributed by atoms with E-state index in [0.717, 1.165) is 14.5 Å². The Balaban J connectivity index is 2.40. The maximum absolute atomic E-state index is 12.0. The lowest BCUT2D eigenvalue weighted by Gasteiger charge is -2.20. The third-order valence-electron chi connectivity index (χ3n) is 2.93. The molecule has 0 aromatic heterocycles. The van der Waals surface area contributed by atoms with E-state index in [0.29, 0.717) is 18.7 Å². The molecule has 1 fully saturated rings. The quantitative estimate of drug-likeness (QED) is 0.807. The first kappa shape index (κ1) is 13.5. The first-order valence-corrected chi connectivity index (χ1v) is 7.00. The SMILES string of the molecule is Cc1cc(Br)c(N2CCC(C(=O)O)C2=O)c(Br)c1. The number of aliphatic carboxylic acids is 1. The molecule has 1 heterocycles. The Morgan fingerprint density at radius 3 is 2.39 bits per heavy atom. The molecule has 1 aromatic rings. The van der Waals surface area contributed by atoms with Crippen LogP contribution in [0.25, 0.3) is 0 Å². The fourth-order valence-corrected chi connectivity index (χ4v) is 3.92. The monoisotopic (exact) mass is 375 g/mol. The number of hydrogen-bond acceptors (Lipinski definition) is 2. The van der Waals surface area contributed by atoms with Crippen LogP contribution in [0.1, 0.15) is 12.0 Å². The lowest BCUT2D eigenvalue weighted by molar-refractivity contribution is -0.144. The smallest absolute Gasteiger partial charge is 0.316 e. The summed E-state index contributed by atoms with van der Waals surface area (Å²) < 4.78 is 1.57. The summed E-state index contributed by atoms with van der Waals surface area (Å²) in [6.07, 6.45) is 0.348. The number of benzene rings is 1. The van der Waals surface area contributed by atoms with Gasteiger partial charge in [0.25, 0.3) is 0 Å². The standard InChI is InChI=1S/C12H11Br2NO3/c1-6-4-8(13)10(9(14)5-6)15-3-2-7(11(15)16)12(17)18/h4-5,7H,2-3H2,1H3,(H,17,18). The van der Waals surface area contributed by atoms with Crippen molar-refractivity contribution in [2.45, 2.75) is 13.3 Å². The Kier molecular flexibility index (Phi) is 3.77. The number of amides is 1. The van der Waals surface area contributed by atoms with Gasteiger partial charge in [-0.2, -0.15) is 0 Å². The van der Waals surface area contributed by atoms with E-state index < -0.39 is 11.9 Å².